The molecule has 3 rings (SSSR count). The van der Waals surface area contributed by atoms with Crippen LogP contribution in [0.25, 0.3) is 0 Å². The maximum atomic E-state index is 14.8. The fourth-order valence-corrected chi connectivity index (χ4v) is 4.07. The van der Waals surface area contributed by atoms with E-state index in [0.29, 0.717) is 30.5 Å². The number of aromatic nitrogens is 2. The number of alkyl halides is 3. The molecule has 0 aliphatic rings. The Labute approximate surface area is 234 Å². The lowest BCUT2D eigenvalue weighted by molar-refractivity contribution is -0.137. The first kappa shape index (κ1) is 30.7. The van der Waals surface area contributed by atoms with Gasteiger partial charge < -0.3 is 25.1 Å². The Morgan fingerprint density at radius 1 is 1.05 bits per heavy atom. The molecular weight excluding hydrogens is 548 g/mol. The summed E-state index contributed by atoms with van der Waals surface area (Å²) in [4.78, 5) is 30.4. The molecule has 0 bridgehead atoms. The van der Waals surface area contributed by atoms with Gasteiger partial charge in [-0.2, -0.15) is 18.2 Å². The third-order valence-corrected chi connectivity index (χ3v) is 6.62. The van der Waals surface area contributed by atoms with E-state index in [-0.39, 0.29) is 17.2 Å². The molecule has 3 aromatic rings. The lowest BCUT2D eigenvalue weighted by Gasteiger charge is -2.21. The van der Waals surface area contributed by atoms with Crippen LogP contribution in [0.5, 0.6) is 0 Å². The van der Waals surface area contributed by atoms with Crippen LogP contribution < -0.4 is 20.3 Å². The number of carbonyl (C=O) groups excluding carboxylic acids is 2. The zero-order chi connectivity index (χ0) is 29.1. The summed E-state index contributed by atoms with van der Waals surface area (Å²) in [5, 5.41) is 8.04. The monoisotopic (exact) mass is 578 g/mol. The van der Waals surface area contributed by atoms with E-state index in [1.807, 2.05) is 6.26 Å². The van der Waals surface area contributed by atoms with E-state index in [1.165, 1.54) is 24.1 Å². The maximum absolute atomic E-state index is 14.8. The van der Waals surface area contributed by atoms with Gasteiger partial charge in [0.25, 0.3) is 5.91 Å². The first-order valence-electron chi connectivity index (χ1n) is 12.5. The van der Waals surface area contributed by atoms with Gasteiger partial charge in [0.1, 0.15) is 23.5 Å². The van der Waals surface area contributed by atoms with Crippen LogP contribution in [0.3, 0.4) is 0 Å². The summed E-state index contributed by atoms with van der Waals surface area (Å²) in [5.41, 5.74) is -0.0869. The van der Waals surface area contributed by atoms with E-state index in [1.54, 1.807) is 35.6 Å². The van der Waals surface area contributed by atoms with Crippen molar-refractivity contribution >= 4 is 53.0 Å². The van der Waals surface area contributed by atoms with Gasteiger partial charge in [-0.15, -0.1) is 0 Å². The second-order valence-electron chi connectivity index (χ2n) is 8.72. The number of aldehydes is 1. The molecule has 8 nitrogen and oxygen atoms in total. The molecule has 3 N–H and O–H groups in total. The number of para-hydroxylation sites is 2. The van der Waals surface area contributed by atoms with Crippen LogP contribution in [0.15, 0.2) is 48.7 Å². The number of carbonyl (C=O) groups is 2. The lowest BCUT2D eigenvalue weighted by Crippen LogP contribution is -2.24. The third kappa shape index (κ3) is 8.57. The highest BCUT2D eigenvalue weighted by molar-refractivity contribution is 7.99. The van der Waals surface area contributed by atoms with Gasteiger partial charge in [0.05, 0.1) is 17.1 Å². The van der Waals surface area contributed by atoms with Gasteiger partial charge in [0.15, 0.2) is 0 Å². The number of unbranched alkanes of at least 4 members (excludes halogenated alkanes) is 4. The summed E-state index contributed by atoms with van der Waals surface area (Å²) in [5.74, 6) is -2.03. The van der Waals surface area contributed by atoms with Gasteiger partial charge >= 0.3 is 6.18 Å². The first-order valence-corrected chi connectivity index (χ1v) is 13.7. The van der Waals surface area contributed by atoms with Crippen LogP contribution in [-0.4, -0.2) is 42.0 Å². The van der Waals surface area contributed by atoms with Gasteiger partial charge in [-0.25, -0.2) is 9.37 Å². The molecule has 0 unspecified atom stereocenters. The Bertz CT molecular complexity index is 1310. The molecule has 40 heavy (non-hydrogen) atoms. The Morgan fingerprint density at radius 3 is 2.50 bits per heavy atom. The van der Waals surface area contributed by atoms with Gasteiger partial charge in [-0.05, 0) is 43.2 Å². The smallest absolute Gasteiger partial charge is 0.352 e. The quantitative estimate of drug-likeness (QED) is 0.0840. The van der Waals surface area contributed by atoms with Gasteiger partial charge in [-0.1, -0.05) is 36.9 Å². The summed E-state index contributed by atoms with van der Waals surface area (Å²) in [6.07, 6.45) is 2.38. The van der Waals surface area contributed by atoms with Gasteiger partial charge in [0, 0.05) is 38.0 Å². The molecule has 0 spiro atoms. The predicted octanol–water partition coefficient (Wildman–Crippen LogP) is 6.72. The highest BCUT2D eigenvalue weighted by Crippen LogP contribution is 2.37. The minimum Gasteiger partial charge on any atom is -0.352 e. The number of rotatable bonds is 14. The van der Waals surface area contributed by atoms with Crippen molar-refractivity contribution in [2.24, 2.45) is 0 Å². The second kappa shape index (κ2) is 14.5. The van der Waals surface area contributed by atoms with Crippen molar-refractivity contribution in [1.29, 1.82) is 0 Å². The van der Waals surface area contributed by atoms with E-state index in [0.717, 1.165) is 38.0 Å². The lowest BCUT2D eigenvalue weighted by atomic mass is 10.1. The van der Waals surface area contributed by atoms with Gasteiger partial charge in [-0.3, -0.25) is 4.79 Å². The van der Waals surface area contributed by atoms with Crippen LogP contribution in [0, 0.1) is 5.82 Å². The second-order valence-corrected chi connectivity index (χ2v) is 9.63. The molecule has 1 amide bonds. The SMILES string of the molecule is CSN(C)c1ccccc1Nc1nc(Nc2ccc(C(=O)NCCCCCCC=O)cc2F)ncc1C(F)(F)F. The Hall–Kier alpha value is -3.87. The molecule has 214 valence electrons. The summed E-state index contributed by atoms with van der Waals surface area (Å²) in [6, 6.07) is 10.5. The molecule has 0 aliphatic heterocycles. The molecule has 0 saturated carbocycles. The van der Waals surface area contributed by atoms with Crippen molar-refractivity contribution in [2.75, 3.05) is 34.8 Å². The minimum atomic E-state index is -4.74. The molecule has 0 aliphatic carbocycles. The molecule has 2 aromatic carbocycles. The average molecular weight is 579 g/mol. The topological polar surface area (TPSA) is 99.2 Å². The number of hydrogen-bond acceptors (Lipinski definition) is 8. The maximum Gasteiger partial charge on any atom is 0.421 e. The molecule has 1 aromatic heterocycles. The Balaban J connectivity index is 1.74. The molecule has 0 radical (unpaired) electrons. The number of hydrogen-bond donors (Lipinski definition) is 3. The fraction of sp³-hybridized carbons (Fsp3) is 0.333. The Kier molecular flexibility index (Phi) is 11.1. The van der Waals surface area contributed by atoms with Crippen molar-refractivity contribution < 1.29 is 27.2 Å². The zero-order valence-corrected chi connectivity index (χ0v) is 22.8. The normalized spacial score (nSPS) is 11.2. The number of nitrogens with zero attached hydrogens (tertiary/aromatic N) is 3. The van der Waals surface area contributed by atoms with Crippen molar-refractivity contribution in [2.45, 2.75) is 38.3 Å². The highest BCUT2D eigenvalue weighted by Gasteiger charge is 2.35. The van der Waals surface area contributed by atoms with E-state index in [9.17, 15) is 27.2 Å². The number of amides is 1. The predicted molar refractivity (Wildman–Crippen MR) is 150 cm³/mol. The number of benzene rings is 2. The molecule has 0 atom stereocenters. The molecule has 0 saturated heterocycles. The summed E-state index contributed by atoms with van der Waals surface area (Å²) >= 11 is 1.38. The van der Waals surface area contributed by atoms with E-state index >= 15 is 0 Å². The summed E-state index contributed by atoms with van der Waals surface area (Å²) < 4.78 is 57.8. The number of halogens is 4. The Morgan fingerprint density at radius 2 is 1.80 bits per heavy atom. The van der Waals surface area contributed by atoms with Crippen molar-refractivity contribution in [3.8, 4) is 0 Å². The van der Waals surface area contributed by atoms with Crippen LogP contribution in [0.2, 0.25) is 0 Å². The van der Waals surface area contributed by atoms with E-state index in [4.69, 9.17) is 0 Å². The molecular formula is C27H30F4N6O2S. The highest BCUT2D eigenvalue weighted by atomic mass is 32.2. The van der Waals surface area contributed by atoms with Crippen LogP contribution in [0.1, 0.15) is 48.0 Å². The summed E-state index contributed by atoms with van der Waals surface area (Å²) in [7, 11) is 1.77. The first-order chi connectivity index (χ1) is 19.1. The fourth-order valence-electron chi connectivity index (χ4n) is 3.71. The van der Waals surface area contributed by atoms with Crippen molar-refractivity contribution in [1.82, 2.24) is 15.3 Å². The molecule has 1 heterocycles. The minimum absolute atomic E-state index is 0.0919. The largest absolute Gasteiger partial charge is 0.421 e. The van der Waals surface area contributed by atoms with Gasteiger partial charge in [0.2, 0.25) is 5.95 Å². The van der Waals surface area contributed by atoms with Crippen LogP contribution >= 0.6 is 11.9 Å². The van der Waals surface area contributed by atoms with Crippen molar-refractivity contribution in [3.63, 3.8) is 0 Å². The number of nitrogens with one attached hydrogen (secondary N) is 3. The van der Waals surface area contributed by atoms with Crippen LogP contribution in [-0.2, 0) is 11.0 Å². The molecule has 0 fully saturated rings. The molecule has 13 heteroatoms. The van der Waals surface area contributed by atoms with Crippen molar-refractivity contribution in [3.05, 3.63) is 65.6 Å². The third-order valence-electron chi connectivity index (χ3n) is 5.88. The van der Waals surface area contributed by atoms with Crippen LogP contribution in [0.4, 0.5) is 46.4 Å². The summed E-state index contributed by atoms with van der Waals surface area (Å²) in [6.45, 7) is 0.409. The standard InChI is InChI=1S/C27H30F4N6O2S/c1-37(40-2)23-11-7-6-10-22(23)34-24-19(27(29,30)31)17-33-26(36-24)35-21-13-12-18(16-20(21)28)25(39)32-14-8-4-3-5-9-15-38/h6-7,10-13,15-17H,3-5,8-9,14H2,1-2H3,(H,32,39)(H2,33,34,35,36). The van der Waals surface area contributed by atoms with E-state index in [2.05, 4.69) is 25.9 Å². The average Bonchev–Trinajstić information content (AvgIpc) is 2.93. The number of anilines is 5. The van der Waals surface area contributed by atoms with E-state index < -0.39 is 29.3 Å². The zero-order valence-electron chi connectivity index (χ0n) is 22.0.